The lowest BCUT2D eigenvalue weighted by atomic mass is 10.1. The number of likely N-dealkylation sites (tertiary alicyclic amines) is 1. The monoisotopic (exact) mass is 311 g/mol. The molecule has 0 radical (unpaired) electrons. The summed E-state index contributed by atoms with van der Waals surface area (Å²) in [6.07, 6.45) is 2.57. The smallest absolute Gasteiger partial charge is 0.274 e. The van der Waals surface area contributed by atoms with Crippen molar-refractivity contribution >= 4 is 5.91 Å². The Hall–Kier alpha value is -2.14. The highest BCUT2D eigenvalue weighted by Crippen LogP contribution is 2.30. The van der Waals surface area contributed by atoms with Crippen LogP contribution in [-0.2, 0) is 12.8 Å². The number of aliphatic hydroxyl groups is 1. The summed E-state index contributed by atoms with van der Waals surface area (Å²) in [7, 11) is 0. The van der Waals surface area contributed by atoms with Crippen molar-refractivity contribution in [2.75, 3.05) is 13.1 Å². The van der Waals surface area contributed by atoms with Crippen LogP contribution in [0, 0.1) is 13.8 Å². The molecule has 2 aromatic rings. The van der Waals surface area contributed by atoms with Crippen LogP contribution in [0.1, 0.15) is 39.3 Å². The molecule has 1 N–H and O–H groups in total. The molecule has 2 heterocycles. The number of benzene rings is 1. The molecule has 23 heavy (non-hydrogen) atoms. The van der Waals surface area contributed by atoms with Gasteiger partial charge in [-0.2, -0.15) is 5.10 Å². The first-order valence-corrected chi connectivity index (χ1v) is 8.20. The molecule has 1 amide bonds. The Morgan fingerprint density at radius 3 is 2.74 bits per heavy atom. The third kappa shape index (κ3) is 2.27. The molecule has 1 aromatic heterocycles. The van der Waals surface area contributed by atoms with E-state index < -0.39 is 0 Å². The molecule has 5 nitrogen and oxygen atoms in total. The molecule has 1 aliphatic heterocycles. The SMILES string of the molecule is Cc1ccc(-n2nc(C(=O)N3CC(O)C3)c3c2CCC3)c(C)c1. The summed E-state index contributed by atoms with van der Waals surface area (Å²) in [5.41, 5.74) is 6.28. The number of rotatable bonds is 2. The van der Waals surface area contributed by atoms with Gasteiger partial charge >= 0.3 is 0 Å². The largest absolute Gasteiger partial charge is 0.389 e. The van der Waals surface area contributed by atoms with Gasteiger partial charge in [0.2, 0.25) is 0 Å². The van der Waals surface area contributed by atoms with Crippen LogP contribution in [0.4, 0.5) is 0 Å². The Bertz CT molecular complexity index is 788. The molecule has 0 saturated carbocycles. The van der Waals surface area contributed by atoms with Crippen molar-refractivity contribution in [3.8, 4) is 5.69 Å². The molecule has 0 spiro atoms. The molecule has 1 aromatic carbocycles. The van der Waals surface area contributed by atoms with Gasteiger partial charge in [-0.3, -0.25) is 4.79 Å². The predicted octanol–water partition coefficient (Wildman–Crippen LogP) is 1.79. The Kier molecular flexibility index (Phi) is 3.27. The van der Waals surface area contributed by atoms with Crippen LogP contribution in [0.15, 0.2) is 18.2 Å². The normalized spacial score (nSPS) is 17.3. The summed E-state index contributed by atoms with van der Waals surface area (Å²) >= 11 is 0. The van der Waals surface area contributed by atoms with E-state index in [9.17, 15) is 9.90 Å². The first-order chi connectivity index (χ1) is 11.0. The molecule has 0 unspecified atom stereocenters. The predicted molar refractivity (Wildman–Crippen MR) is 87.0 cm³/mol. The summed E-state index contributed by atoms with van der Waals surface area (Å²) in [6.45, 7) is 5.00. The van der Waals surface area contributed by atoms with Crippen molar-refractivity contribution in [2.45, 2.75) is 39.2 Å². The second-order valence-electron chi connectivity index (χ2n) is 6.69. The summed E-state index contributed by atoms with van der Waals surface area (Å²) in [5.74, 6) is -0.0445. The third-order valence-electron chi connectivity index (χ3n) is 4.86. The number of nitrogens with zero attached hydrogens (tertiary/aromatic N) is 3. The van der Waals surface area contributed by atoms with E-state index in [0.717, 1.165) is 30.5 Å². The second kappa shape index (κ2) is 5.20. The lowest BCUT2D eigenvalue weighted by Crippen LogP contribution is -2.53. The lowest BCUT2D eigenvalue weighted by Gasteiger charge is -2.35. The minimum absolute atomic E-state index is 0.0445. The number of aryl methyl sites for hydroxylation is 2. The topological polar surface area (TPSA) is 58.4 Å². The minimum atomic E-state index is -0.381. The van der Waals surface area contributed by atoms with Crippen LogP contribution in [0.25, 0.3) is 5.69 Å². The fraction of sp³-hybridized carbons (Fsp3) is 0.444. The number of aromatic nitrogens is 2. The molecule has 1 fully saturated rings. The van der Waals surface area contributed by atoms with Crippen LogP contribution in [0.5, 0.6) is 0 Å². The average Bonchev–Trinajstić information content (AvgIpc) is 3.06. The van der Waals surface area contributed by atoms with Crippen LogP contribution >= 0.6 is 0 Å². The Balaban J connectivity index is 1.77. The molecule has 0 atom stereocenters. The number of hydrogen-bond donors (Lipinski definition) is 1. The van der Waals surface area contributed by atoms with Gasteiger partial charge in [-0.05, 0) is 44.7 Å². The highest BCUT2D eigenvalue weighted by molar-refractivity contribution is 5.95. The zero-order valence-corrected chi connectivity index (χ0v) is 13.5. The van der Waals surface area contributed by atoms with Crippen LogP contribution < -0.4 is 0 Å². The maximum Gasteiger partial charge on any atom is 0.274 e. The number of carbonyl (C=O) groups is 1. The van der Waals surface area contributed by atoms with E-state index in [4.69, 9.17) is 0 Å². The van der Waals surface area contributed by atoms with Gasteiger partial charge in [0.25, 0.3) is 5.91 Å². The van der Waals surface area contributed by atoms with Gasteiger partial charge in [0, 0.05) is 24.3 Å². The molecule has 120 valence electrons. The van der Waals surface area contributed by atoms with Gasteiger partial charge in [-0.25, -0.2) is 4.68 Å². The number of β-amino-alcohol motifs (C(OH)–C–C–N with tert-alkyl or cyclic N) is 1. The molecule has 1 aliphatic carbocycles. The molecule has 2 aliphatic rings. The average molecular weight is 311 g/mol. The second-order valence-corrected chi connectivity index (χ2v) is 6.69. The van der Waals surface area contributed by atoms with Crippen molar-refractivity contribution in [2.24, 2.45) is 0 Å². The Morgan fingerprint density at radius 1 is 1.26 bits per heavy atom. The van der Waals surface area contributed by atoms with E-state index >= 15 is 0 Å². The summed E-state index contributed by atoms with van der Waals surface area (Å²) in [4.78, 5) is 14.3. The highest BCUT2D eigenvalue weighted by Gasteiger charge is 2.35. The van der Waals surface area contributed by atoms with Crippen LogP contribution in [-0.4, -0.2) is 44.9 Å². The van der Waals surface area contributed by atoms with E-state index in [2.05, 4.69) is 37.1 Å². The van der Waals surface area contributed by atoms with Crippen molar-refractivity contribution in [3.05, 3.63) is 46.3 Å². The number of amides is 1. The van der Waals surface area contributed by atoms with E-state index in [1.807, 2.05) is 4.68 Å². The molecular weight excluding hydrogens is 290 g/mol. The summed E-state index contributed by atoms with van der Waals surface area (Å²) < 4.78 is 1.96. The Morgan fingerprint density at radius 2 is 2.04 bits per heavy atom. The quantitative estimate of drug-likeness (QED) is 0.920. The number of aliphatic hydroxyl groups excluding tert-OH is 1. The third-order valence-corrected chi connectivity index (χ3v) is 4.86. The van der Waals surface area contributed by atoms with Crippen molar-refractivity contribution < 1.29 is 9.90 Å². The van der Waals surface area contributed by atoms with Crippen molar-refractivity contribution in [1.82, 2.24) is 14.7 Å². The van der Waals surface area contributed by atoms with Gasteiger partial charge in [-0.1, -0.05) is 17.7 Å². The molecular formula is C18H21N3O2. The lowest BCUT2D eigenvalue weighted by molar-refractivity contribution is 0.00540. The van der Waals surface area contributed by atoms with Crippen LogP contribution in [0.3, 0.4) is 0 Å². The van der Waals surface area contributed by atoms with Gasteiger partial charge in [0.15, 0.2) is 5.69 Å². The number of carbonyl (C=O) groups excluding carboxylic acids is 1. The van der Waals surface area contributed by atoms with E-state index in [0.29, 0.717) is 18.8 Å². The van der Waals surface area contributed by atoms with E-state index in [1.165, 1.54) is 16.8 Å². The van der Waals surface area contributed by atoms with Gasteiger partial charge in [0.1, 0.15) is 0 Å². The summed E-state index contributed by atoms with van der Waals surface area (Å²) in [6, 6.07) is 6.31. The van der Waals surface area contributed by atoms with Gasteiger partial charge < -0.3 is 10.0 Å². The highest BCUT2D eigenvalue weighted by atomic mass is 16.3. The number of fused-ring (bicyclic) bond motifs is 1. The fourth-order valence-corrected chi connectivity index (χ4v) is 3.62. The molecule has 1 saturated heterocycles. The van der Waals surface area contributed by atoms with Crippen LogP contribution in [0.2, 0.25) is 0 Å². The minimum Gasteiger partial charge on any atom is -0.389 e. The molecule has 0 bridgehead atoms. The maximum absolute atomic E-state index is 12.7. The summed E-state index contributed by atoms with van der Waals surface area (Å²) in [5, 5.41) is 14.1. The molecule has 4 rings (SSSR count). The van der Waals surface area contributed by atoms with Crippen molar-refractivity contribution in [1.29, 1.82) is 0 Å². The van der Waals surface area contributed by atoms with Gasteiger partial charge in [-0.15, -0.1) is 0 Å². The Labute approximate surface area is 135 Å². The first kappa shape index (κ1) is 14.5. The van der Waals surface area contributed by atoms with Gasteiger partial charge in [0.05, 0.1) is 11.8 Å². The first-order valence-electron chi connectivity index (χ1n) is 8.20. The standard InChI is InChI=1S/C18H21N3O2/c1-11-6-7-15(12(2)8-11)21-16-5-3-4-14(16)17(19-21)18(23)20-9-13(22)10-20/h6-8,13,22H,3-5,9-10H2,1-2H3. The zero-order valence-electron chi connectivity index (χ0n) is 13.5. The van der Waals surface area contributed by atoms with Crippen molar-refractivity contribution in [3.63, 3.8) is 0 Å². The molecule has 5 heteroatoms. The zero-order chi connectivity index (χ0) is 16.1. The maximum atomic E-state index is 12.7. The number of hydrogen-bond acceptors (Lipinski definition) is 3. The fourth-order valence-electron chi connectivity index (χ4n) is 3.62. The van der Waals surface area contributed by atoms with E-state index in [1.54, 1.807) is 4.90 Å². The van der Waals surface area contributed by atoms with E-state index in [-0.39, 0.29) is 12.0 Å².